The molecule has 0 saturated heterocycles. The first-order chi connectivity index (χ1) is 10.5. The highest BCUT2D eigenvalue weighted by Gasteiger charge is 2.13. The molecule has 5 nitrogen and oxygen atoms in total. The predicted molar refractivity (Wildman–Crippen MR) is 81.4 cm³/mol. The van der Waals surface area contributed by atoms with Crippen molar-refractivity contribution in [3.63, 3.8) is 0 Å². The van der Waals surface area contributed by atoms with Gasteiger partial charge in [0.1, 0.15) is 5.76 Å². The Hall–Kier alpha value is -2.27. The minimum Gasteiger partial charge on any atom is -0.467 e. The highest BCUT2D eigenvalue weighted by molar-refractivity contribution is 6.30. The molecule has 2 rings (SSSR count). The lowest BCUT2D eigenvalue weighted by Crippen LogP contribution is -2.31. The highest BCUT2D eigenvalue weighted by atomic mass is 35.5. The summed E-state index contributed by atoms with van der Waals surface area (Å²) in [4.78, 5) is 23.4. The zero-order valence-corrected chi connectivity index (χ0v) is 12.8. The zero-order valence-electron chi connectivity index (χ0n) is 12.0. The quantitative estimate of drug-likeness (QED) is 0.831. The van der Waals surface area contributed by atoms with Crippen molar-refractivity contribution in [1.82, 2.24) is 5.32 Å². The average molecular weight is 322 g/mol. The van der Waals surface area contributed by atoms with E-state index in [-0.39, 0.29) is 25.0 Å². The number of benzene rings is 1. The van der Waals surface area contributed by atoms with Gasteiger partial charge in [0.25, 0.3) is 5.91 Å². The third-order valence-corrected chi connectivity index (χ3v) is 3.23. The number of halogens is 1. The molecule has 0 unspecified atom stereocenters. The molecule has 116 valence electrons. The molecule has 0 radical (unpaired) electrons. The zero-order chi connectivity index (χ0) is 15.9. The van der Waals surface area contributed by atoms with Gasteiger partial charge in [0.15, 0.2) is 6.61 Å². The van der Waals surface area contributed by atoms with Crippen LogP contribution in [0.2, 0.25) is 5.02 Å². The van der Waals surface area contributed by atoms with Gasteiger partial charge in [0.2, 0.25) is 0 Å². The van der Waals surface area contributed by atoms with Crippen LogP contribution >= 0.6 is 11.6 Å². The van der Waals surface area contributed by atoms with Gasteiger partial charge in [0.05, 0.1) is 18.7 Å². The minimum atomic E-state index is -0.469. The average Bonchev–Trinajstić information content (AvgIpc) is 3.02. The van der Waals surface area contributed by atoms with Gasteiger partial charge in [-0.05, 0) is 36.8 Å². The Kier molecular flexibility index (Phi) is 5.61. The van der Waals surface area contributed by atoms with E-state index in [1.807, 2.05) is 0 Å². The molecule has 1 aromatic carbocycles. The van der Waals surface area contributed by atoms with Crippen LogP contribution in [0, 0.1) is 0 Å². The van der Waals surface area contributed by atoms with Gasteiger partial charge in [-0.15, -0.1) is 0 Å². The summed E-state index contributed by atoms with van der Waals surface area (Å²) < 4.78 is 10.1. The fourth-order valence-electron chi connectivity index (χ4n) is 1.86. The molecule has 0 aliphatic rings. The second-order valence-electron chi connectivity index (χ2n) is 4.77. The largest absolute Gasteiger partial charge is 0.467 e. The van der Waals surface area contributed by atoms with Crippen LogP contribution in [0.3, 0.4) is 0 Å². The van der Waals surface area contributed by atoms with Crippen molar-refractivity contribution in [2.75, 3.05) is 6.61 Å². The van der Waals surface area contributed by atoms with Gasteiger partial charge < -0.3 is 14.5 Å². The van der Waals surface area contributed by atoms with Gasteiger partial charge in [-0.2, -0.15) is 0 Å². The number of hydrogen-bond donors (Lipinski definition) is 1. The van der Waals surface area contributed by atoms with E-state index in [4.69, 9.17) is 20.8 Å². The summed E-state index contributed by atoms with van der Waals surface area (Å²) in [6, 6.07) is 10.1. The molecule has 1 N–H and O–H groups in total. The molecule has 0 aliphatic carbocycles. The number of rotatable bonds is 6. The number of amides is 1. The molecule has 2 aromatic rings. The molecule has 1 atom stereocenters. The van der Waals surface area contributed by atoms with Crippen LogP contribution < -0.4 is 5.32 Å². The van der Waals surface area contributed by atoms with Crippen LogP contribution in [0.15, 0.2) is 47.1 Å². The number of esters is 1. The van der Waals surface area contributed by atoms with Crippen molar-refractivity contribution in [2.24, 2.45) is 0 Å². The SMILES string of the molecule is C[C@@H](NC(=O)COC(=O)Cc1ccc(Cl)cc1)c1ccco1. The Morgan fingerprint density at radius 2 is 2.00 bits per heavy atom. The smallest absolute Gasteiger partial charge is 0.310 e. The maximum atomic E-state index is 11.7. The van der Waals surface area contributed by atoms with Gasteiger partial charge in [-0.25, -0.2) is 0 Å². The molecule has 1 aromatic heterocycles. The van der Waals surface area contributed by atoms with Gasteiger partial charge in [-0.1, -0.05) is 23.7 Å². The Balaban J connectivity index is 1.73. The van der Waals surface area contributed by atoms with Crippen LogP contribution in [0.4, 0.5) is 0 Å². The van der Waals surface area contributed by atoms with Crippen molar-refractivity contribution in [3.05, 3.63) is 59.0 Å². The lowest BCUT2D eigenvalue weighted by molar-refractivity contribution is -0.148. The summed E-state index contributed by atoms with van der Waals surface area (Å²) in [6.07, 6.45) is 1.63. The molecule has 0 bridgehead atoms. The summed E-state index contributed by atoms with van der Waals surface area (Å²) in [5.74, 6) is -0.211. The van der Waals surface area contributed by atoms with Crippen LogP contribution in [-0.2, 0) is 20.7 Å². The summed E-state index contributed by atoms with van der Waals surface area (Å²) in [7, 11) is 0. The van der Waals surface area contributed by atoms with E-state index in [0.29, 0.717) is 10.8 Å². The molecular weight excluding hydrogens is 306 g/mol. The summed E-state index contributed by atoms with van der Waals surface area (Å²) in [6.45, 7) is 1.46. The van der Waals surface area contributed by atoms with Gasteiger partial charge in [-0.3, -0.25) is 9.59 Å². The summed E-state index contributed by atoms with van der Waals surface area (Å²) in [5, 5.41) is 3.28. The van der Waals surface area contributed by atoms with Gasteiger partial charge in [0, 0.05) is 5.02 Å². The second kappa shape index (κ2) is 7.66. The van der Waals surface area contributed by atoms with E-state index >= 15 is 0 Å². The maximum absolute atomic E-state index is 11.7. The van der Waals surface area contributed by atoms with Crippen molar-refractivity contribution >= 4 is 23.5 Å². The number of hydrogen-bond acceptors (Lipinski definition) is 4. The third-order valence-electron chi connectivity index (χ3n) is 2.97. The normalized spacial score (nSPS) is 11.7. The number of carbonyl (C=O) groups is 2. The molecule has 0 saturated carbocycles. The minimum absolute atomic E-state index is 0.0954. The van der Waals surface area contributed by atoms with E-state index in [1.165, 1.54) is 6.26 Å². The molecule has 6 heteroatoms. The fraction of sp³-hybridized carbons (Fsp3) is 0.250. The molecular formula is C16H16ClNO4. The van der Waals surface area contributed by atoms with Crippen molar-refractivity contribution in [3.8, 4) is 0 Å². The van der Waals surface area contributed by atoms with E-state index in [9.17, 15) is 9.59 Å². The third kappa shape index (κ3) is 4.93. The monoisotopic (exact) mass is 321 g/mol. The summed E-state index contributed by atoms with van der Waals surface area (Å²) in [5.41, 5.74) is 0.777. The van der Waals surface area contributed by atoms with E-state index in [1.54, 1.807) is 43.3 Å². The van der Waals surface area contributed by atoms with Gasteiger partial charge >= 0.3 is 5.97 Å². The predicted octanol–water partition coefficient (Wildman–Crippen LogP) is 2.90. The molecule has 0 aliphatic heterocycles. The number of furan rings is 1. The molecule has 1 heterocycles. The first-order valence-corrected chi connectivity index (χ1v) is 7.15. The van der Waals surface area contributed by atoms with Crippen molar-refractivity contribution < 1.29 is 18.7 Å². The number of ether oxygens (including phenoxy) is 1. The number of nitrogens with one attached hydrogen (secondary N) is 1. The first kappa shape index (κ1) is 16.1. The highest BCUT2D eigenvalue weighted by Crippen LogP contribution is 2.12. The number of carbonyl (C=O) groups excluding carboxylic acids is 2. The van der Waals surface area contributed by atoms with Crippen LogP contribution in [0.5, 0.6) is 0 Å². The van der Waals surface area contributed by atoms with E-state index in [0.717, 1.165) is 5.56 Å². The second-order valence-corrected chi connectivity index (χ2v) is 5.20. The molecule has 0 fully saturated rings. The lowest BCUT2D eigenvalue weighted by atomic mass is 10.1. The topological polar surface area (TPSA) is 68.5 Å². The lowest BCUT2D eigenvalue weighted by Gasteiger charge is -2.11. The molecule has 22 heavy (non-hydrogen) atoms. The van der Waals surface area contributed by atoms with Crippen LogP contribution in [0.25, 0.3) is 0 Å². The Morgan fingerprint density at radius 1 is 1.27 bits per heavy atom. The van der Waals surface area contributed by atoms with Crippen molar-refractivity contribution in [2.45, 2.75) is 19.4 Å². The van der Waals surface area contributed by atoms with E-state index in [2.05, 4.69) is 5.32 Å². The molecule has 1 amide bonds. The molecule has 0 spiro atoms. The Labute approximate surface area is 133 Å². The fourth-order valence-corrected chi connectivity index (χ4v) is 1.98. The van der Waals surface area contributed by atoms with Crippen LogP contribution in [0.1, 0.15) is 24.3 Å². The maximum Gasteiger partial charge on any atom is 0.310 e. The van der Waals surface area contributed by atoms with Crippen LogP contribution in [-0.4, -0.2) is 18.5 Å². The first-order valence-electron chi connectivity index (χ1n) is 6.77. The summed E-state index contributed by atoms with van der Waals surface area (Å²) >= 11 is 5.76. The standard InChI is InChI=1S/C16H16ClNO4/c1-11(14-3-2-8-21-14)18-15(19)10-22-16(20)9-12-4-6-13(17)7-5-12/h2-8,11H,9-10H2,1H3,(H,18,19)/t11-/m1/s1. The Morgan fingerprint density at radius 3 is 2.64 bits per heavy atom. The van der Waals surface area contributed by atoms with Crippen molar-refractivity contribution in [1.29, 1.82) is 0 Å². The Bertz CT molecular complexity index is 622. The van der Waals surface area contributed by atoms with E-state index < -0.39 is 5.97 Å².